The number of pyridine rings is 1. The molecule has 1 saturated carbocycles. The maximum atomic E-state index is 13.1. The van der Waals surface area contributed by atoms with E-state index in [1.165, 1.54) is 18.2 Å². The van der Waals surface area contributed by atoms with Crippen LogP contribution >= 0.6 is 0 Å². The van der Waals surface area contributed by atoms with E-state index in [2.05, 4.69) is 36.1 Å². The van der Waals surface area contributed by atoms with Crippen LogP contribution in [0.25, 0.3) is 0 Å². The summed E-state index contributed by atoms with van der Waals surface area (Å²) in [6.07, 6.45) is 2.04. The van der Waals surface area contributed by atoms with Crippen LogP contribution in [0, 0.1) is 0 Å². The third-order valence-electron chi connectivity index (χ3n) is 7.35. The Hall–Kier alpha value is -3.58. The van der Waals surface area contributed by atoms with Crippen LogP contribution in [-0.2, 0) is 34.5 Å². The Bertz CT molecular complexity index is 1140. The van der Waals surface area contributed by atoms with Crippen LogP contribution in [0.15, 0.2) is 60.7 Å². The van der Waals surface area contributed by atoms with E-state index in [1.807, 2.05) is 36.4 Å². The van der Waals surface area contributed by atoms with Crippen LogP contribution in [-0.4, -0.2) is 50.3 Å². The highest BCUT2D eigenvalue weighted by Gasteiger charge is 2.55. The van der Waals surface area contributed by atoms with Gasteiger partial charge < -0.3 is 18.9 Å². The Morgan fingerprint density at radius 3 is 1.81 bits per heavy atom. The lowest BCUT2D eigenvalue weighted by molar-refractivity contribution is -0.155. The van der Waals surface area contributed by atoms with Gasteiger partial charge in [-0.15, -0.1) is 0 Å². The van der Waals surface area contributed by atoms with Gasteiger partial charge in [0, 0.05) is 24.7 Å². The van der Waals surface area contributed by atoms with Crippen molar-refractivity contribution in [2.24, 2.45) is 0 Å². The van der Waals surface area contributed by atoms with Gasteiger partial charge in [0.1, 0.15) is 16.9 Å². The normalized spacial score (nSPS) is 18.7. The second kappa shape index (κ2) is 11.6. The number of aryl methyl sites for hydroxylation is 1. The van der Waals surface area contributed by atoms with Crippen molar-refractivity contribution in [2.45, 2.75) is 50.7 Å². The molecule has 0 aliphatic heterocycles. The van der Waals surface area contributed by atoms with Gasteiger partial charge in [0.25, 0.3) is 0 Å². The van der Waals surface area contributed by atoms with Crippen molar-refractivity contribution in [3.05, 3.63) is 83.0 Å². The molecule has 0 amide bonds. The minimum Gasteiger partial charge on any atom is -0.497 e. The SMILES string of the molecule is CCc1ccc(C2(C(=O)OC)CC(N(Cc3ccc(OC)cc3)Cc3ccc(OC)cc3)C2)nc1OC. The molecule has 7 heteroatoms. The lowest BCUT2D eigenvalue weighted by Crippen LogP contribution is -2.57. The maximum absolute atomic E-state index is 13.1. The molecule has 0 N–H and O–H groups in total. The summed E-state index contributed by atoms with van der Waals surface area (Å²) in [5.74, 6) is 1.97. The van der Waals surface area contributed by atoms with Crippen molar-refractivity contribution < 1.29 is 23.7 Å². The molecule has 0 radical (unpaired) electrons. The molecule has 4 rings (SSSR count). The Balaban J connectivity index is 1.61. The van der Waals surface area contributed by atoms with Crippen LogP contribution in [0.2, 0.25) is 0 Å². The topological polar surface area (TPSA) is 70.1 Å². The van der Waals surface area contributed by atoms with Crippen LogP contribution in [0.3, 0.4) is 0 Å². The van der Waals surface area contributed by atoms with Crippen molar-refractivity contribution in [1.29, 1.82) is 0 Å². The standard InChI is InChI=1S/C30H36N2O5/c1-6-23-11-16-27(31-28(23)36-4)30(29(33)37-5)17-24(18-30)32(19-21-7-12-25(34-2)13-8-21)20-22-9-14-26(35-3)15-10-22/h7-16,24H,6,17-20H2,1-5H3. The maximum Gasteiger partial charge on any atom is 0.318 e. The largest absolute Gasteiger partial charge is 0.497 e. The molecule has 0 saturated heterocycles. The molecule has 3 aromatic rings. The Labute approximate surface area is 219 Å². The smallest absolute Gasteiger partial charge is 0.318 e. The molecule has 2 aromatic carbocycles. The Morgan fingerprint density at radius 1 is 0.838 bits per heavy atom. The van der Waals surface area contributed by atoms with E-state index in [4.69, 9.17) is 23.9 Å². The van der Waals surface area contributed by atoms with Gasteiger partial charge in [-0.2, -0.15) is 0 Å². The summed E-state index contributed by atoms with van der Waals surface area (Å²) in [4.78, 5) is 20.3. The van der Waals surface area contributed by atoms with Crippen molar-refractivity contribution in [3.63, 3.8) is 0 Å². The Morgan fingerprint density at radius 2 is 1.38 bits per heavy atom. The van der Waals surface area contributed by atoms with E-state index >= 15 is 0 Å². The fourth-order valence-electron chi connectivity index (χ4n) is 5.11. The van der Waals surface area contributed by atoms with Gasteiger partial charge in [0.05, 0.1) is 34.1 Å². The first kappa shape index (κ1) is 26.5. The average molecular weight is 505 g/mol. The minimum atomic E-state index is -0.795. The molecular weight excluding hydrogens is 468 g/mol. The van der Waals surface area contributed by atoms with E-state index in [0.717, 1.165) is 36.6 Å². The molecule has 0 bridgehead atoms. The summed E-state index contributed by atoms with van der Waals surface area (Å²) in [5, 5.41) is 0. The molecular formula is C30H36N2O5. The van der Waals surface area contributed by atoms with Gasteiger partial charge in [0.2, 0.25) is 5.88 Å². The van der Waals surface area contributed by atoms with E-state index < -0.39 is 5.41 Å². The van der Waals surface area contributed by atoms with Gasteiger partial charge in [-0.25, -0.2) is 4.98 Å². The van der Waals surface area contributed by atoms with Crippen LogP contribution < -0.4 is 14.2 Å². The van der Waals surface area contributed by atoms with Crippen molar-refractivity contribution in [2.75, 3.05) is 28.4 Å². The first-order chi connectivity index (χ1) is 18.0. The number of aromatic nitrogens is 1. The quantitative estimate of drug-likeness (QED) is 0.342. The Kier molecular flexibility index (Phi) is 8.34. The highest BCUT2D eigenvalue weighted by Crippen LogP contribution is 2.48. The predicted molar refractivity (Wildman–Crippen MR) is 142 cm³/mol. The fraction of sp³-hybridized carbons (Fsp3) is 0.400. The van der Waals surface area contributed by atoms with Crippen molar-refractivity contribution >= 4 is 5.97 Å². The van der Waals surface area contributed by atoms with Gasteiger partial charge in [-0.3, -0.25) is 9.69 Å². The molecule has 196 valence electrons. The monoisotopic (exact) mass is 504 g/mol. The third-order valence-corrected chi connectivity index (χ3v) is 7.35. The summed E-state index contributed by atoms with van der Waals surface area (Å²) in [5.41, 5.74) is 3.28. The summed E-state index contributed by atoms with van der Waals surface area (Å²) in [6, 6.07) is 20.4. The molecule has 37 heavy (non-hydrogen) atoms. The van der Waals surface area contributed by atoms with Crippen LogP contribution in [0.5, 0.6) is 17.4 Å². The van der Waals surface area contributed by atoms with E-state index in [1.54, 1.807) is 21.3 Å². The minimum absolute atomic E-state index is 0.168. The van der Waals surface area contributed by atoms with E-state index in [0.29, 0.717) is 24.4 Å². The lowest BCUT2D eigenvalue weighted by atomic mass is 9.62. The van der Waals surface area contributed by atoms with E-state index in [-0.39, 0.29) is 12.0 Å². The second-order valence-corrected chi connectivity index (χ2v) is 9.46. The second-order valence-electron chi connectivity index (χ2n) is 9.46. The molecule has 0 unspecified atom stereocenters. The molecule has 0 atom stereocenters. The summed E-state index contributed by atoms with van der Waals surface area (Å²) < 4.78 is 21.5. The molecule has 1 fully saturated rings. The zero-order valence-electron chi connectivity index (χ0n) is 22.3. The first-order valence-corrected chi connectivity index (χ1v) is 12.6. The number of benzene rings is 2. The summed E-state index contributed by atoms with van der Waals surface area (Å²) >= 11 is 0. The summed E-state index contributed by atoms with van der Waals surface area (Å²) in [6.45, 7) is 3.54. The van der Waals surface area contributed by atoms with Gasteiger partial charge in [-0.05, 0) is 60.7 Å². The van der Waals surface area contributed by atoms with Gasteiger partial charge in [-0.1, -0.05) is 37.3 Å². The zero-order chi connectivity index (χ0) is 26.4. The lowest BCUT2D eigenvalue weighted by Gasteiger charge is -2.49. The summed E-state index contributed by atoms with van der Waals surface area (Å²) in [7, 11) is 6.40. The average Bonchev–Trinajstić information content (AvgIpc) is 2.92. The molecule has 0 spiro atoms. The van der Waals surface area contributed by atoms with Crippen LogP contribution in [0.1, 0.15) is 42.1 Å². The number of esters is 1. The molecule has 7 nitrogen and oxygen atoms in total. The van der Waals surface area contributed by atoms with Gasteiger partial charge >= 0.3 is 5.97 Å². The highest BCUT2D eigenvalue weighted by molar-refractivity contribution is 5.84. The highest BCUT2D eigenvalue weighted by atomic mass is 16.5. The van der Waals surface area contributed by atoms with E-state index in [9.17, 15) is 4.79 Å². The molecule has 1 aliphatic carbocycles. The first-order valence-electron chi connectivity index (χ1n) is 12.6. The van der Waals surface area contributed by atoms with Crippen molar-refractivity contribution in [3.8, 4) is 17.4 Å². The number of rotatable bonds is 11. The molecule has 1 aliphatic rings. The van der Waals surface area contributed by atoms with Gasteiger partial charge in [0.15, 0.2) is 0 Å². The number of carbonyl (C=O) groups excluding carboxylic acids is 1. The molecule has 1 aromatic heterocycles. The molecule has 1 heterocycles. The number of carbonyl (C=O) groups is 1. The number of methoxy groups -OCH3 is 4. The fourth-order valence-corrected chi connectivity index (χ4v) is 5.11. The van der Waals surface area contributed by atoms with Crippen molar-refractivity contribution in [1.82, 2.24) is 9.88 Å². The number of nitrogens with zero attached hydrogens (tertiary/aromatic N) is 2. The third kappa shape index (κ3) is 5.57. The number of ether oxygens (including phenoxy) is 4. The van der Waals surface area contributed by atoms with Crippen LogP contribution in [0.4, 0.5) is 0 Å². The predicted octanol–water partition coefficient (Wildman–Crippen LogP) is 4.95. The number of hydrogen-bond acceptors (Lipinski definition) is 7. The zero-order valence-corrected chi connectivity index (χ0v) is 22.3. The number of hydrogen-bond donors (Lipinski definition) is 0.